The van der Waals surface area contributed by atoms with Crippen molar-refractivity contribution in [3.05, 3.63) is 29.8 Å². The second kappa shape index (κ2) is 12.3. The van der Waals surface area contributed by atoms with E-state index in [9.17, 15) is 19.5 Å². The minimum atomic E-state index is -1.04. The van der Waals surface area contributed by atoms with Gasteiger partial charge in [-0.25, -0.2) is 9.59 Å². The number of nitrogens with zero attached hydrogens (tertiary/aromatic N) is 2. The fourth-order valence-electron chi connectivity index (χ4n) is 3.79. The number of anilines is 1. The molecule has 0 aliphatic carbocycles. The highest BCUT2D eigenvalue weighted by atomic mass is 35.5. The smallest absolute Gasteiger partial charge is 0.408 e. The number of carbonyl (C=O) groups is 3. The number of hydrogen-bond acceptors (Lipinski definition) is 5. The van der Waals surface area contributed by atoms with E-state index in [1.807, 2.05) is 24.3 Å². The molecule has 1 aliphatic heterocycles. The van der Waals surface area contributed by atoms with Gasteiger partial charge >= 0.3 is 12.1 Å². The van der Waals surface area contributed by atoms with E-state index in [4.69, 9.17) is 27.9 Å². The molecule has 10 heteroatoms. The highest BCUT2D eigenvalue weighted by Gasteiger charge is 2.38. The van der Waals surface area contributed by atoms with Crippen LogP contribution in [0.4, 0.5) is 10.5 Å². The predicted molar refractivity (Wildman–Crippen MR) is 129 cm³/mol. The summed E-state index contributed by atoms with van der Waals surface area (Å²) in [6.07, 6.45) is 0.477. The van der Waals surface area contributed by atoms with E-state index in [1.54, 1.807) is 20.8 Å². The highest BCUT2D eigenvalue weighted by Crippen LogP contribution is 2.21. The Bertz CT molecular complexity index is 807. The van der Waals surface area contributed by atoms with E-state index in [-0.39, 0.29) is 6.42 Å². The topological polar surface area (TPSA) is 99.2 Å². The summed E-state index contributed by atoms with van der Waals surface area (Å²) >= 11 is 11.8. The summed E-state index contributed by atoms with van der Waals surface area (Å²) in [6, 6.07) is 5.75. The van der Waals surface area contributed by atoms with E-state index >= 15 is 0 Å². The van der Waals surface area contributed by atoms with Crippen molar-refractivity contribution in [2.45, 2.75) is 57.7 Å². The molecule has 2 rings (SSSR count). The molecule has 2 unspecified atom stereocenters. The molecule has 1 fully saturated rings. The third-order valence-corrected chi connectivity index (χ3v) is 5.60. The summed E-state index contributed by atoms with van der Waals surface area (Å²) in [5, 5.41) is 12.1. The molecule has 0 bridgehead atoms. The zero-order valence-electron chi connectivity index (χ0n) is 19.4. The fraction of sp³-hybridized carbons (Fsp3) is 0.609. The molecule has 0 aromatic heterocycles. The number of carboxylic acids is 1. The molecule has 0 radical (unpaired) electrons. The van der Waals surface area contributed by atoms with Crippen molar-refractivity contribution in [2.75, 3.05) is 36.3 Å². The van der Waals surface area contributed by atoms with Gasteiger partial charge in [-0.15, -0.1) is 23.2 Å². The Morgan fingerprint density at radius 1 is 1.18 bits per heavy atom. The first kappa shape index (κ1) is 27.1. The molecule has 1 aromatic rings. The average Bonchev–Trinajstić information content (AvgIpc) is 3.22. The van der Waals surface area contributed by atoms with Gasteiger partial charge in [-0.2, -0.15) is 0 Å². The molecule has 2 atom stereocenters. The zero-order chi connectivity index (χ0) is 24.6. The van der Waals surface area contributed by atoms with Gasteiger partial charge in [0.1, 0.15) is 17.7 Å². The van der Waals surface area contributed by atoms with Crippen molar-refractivity contribution in [1.82, 2.24) is 10.2 Å². The quantitative estimate of drug-likeness (QED) is 0.476. The minimum absolute atomic E-state index is 0.201. The third kappa shape index (κ3) is 8.27. The Morgan fingerprint density at radius 3 is 2.30 bits per heavy atom. The summed E-state index contributed by atoms with van der Waals surface area (Å²) in [6.45, 7) is 6.84. The zero-order valence-corrected chi connectivity index (χ0v) is 20.9. The maximum Gasteiger partial charge on any atom is 0.408 e. The number of alkyl carbamates (subject to hydrolysis) is 1. The summed E-state index contributed by atoms with van der Waals surface area (Å²) in [4.78, 5) is 40.7. The van der Waals surface area contributed by atoms with Gasteiger partial charge in [-0.05, 0) is 51.3 Å². The molecule has 184 valence electrons. The van der Waals surface area contributed by atoms with Crippen molar-refractivity contribution in [3.8, 4) is 0 Å². The highest BCUT2D eigenvalue weighted by molar-refractivity contribution is 6.18. The van der Waals surface area contributed by atoms with Gasteiger partial charge in [0.2, 0.25) is 5.91 Å². The molecular formula is C23H33Cl2N3O5. The minimum Gasteiger partial charge on any atom is -0.480 e. The van der Waals surface area contributed by atoms with Crippen LogP contribution in [-0.2, 0) is 20.7 Å². The number of hydrogen-bond donors (Lipinski definition) is 2. The van der Waals surface area contributed by atoms with Gasteiger partial charge < -0.3 is 25.0 Å². The van der Waals surface area contributed by atoms with Crippen molar-refractivity contribution >= 4 is 46.9 Å². The Hall–Kier alpha value is -2.19. The van der Waals surface area contributed by atoms with E-state index in [1.165, 1.54) is 4.90 Å². The van der Waals surface area contributed by atoms with E-state index in [0.29, 0.717) is 44.2 Å². The molecule has 0 saturated carbocycles. The number of amides is 2. The summed E-state index contributed by atoms with van der Waals surface area (Å²) < 4.78 is 5.33. The van der Waals surface area contributed by atoms with Gasteiger partial charge in [-0.3, -0.25) is 4.79 Å². The van der Waals surface area contributed by atoms with Crippen molar-refractivity contribution in [2.24, 2.45) is 0 Å². The van der Waals surface area contributed by atoms with Crippen molar-refractivity contribution in [3.63, 3.8) is 0 Å². The number of likely N-dealkylation sites (tertiary alicyclic amines) is 1. The van der Waals surface area contributed by atoms with Crippen LogP contribution in [0.3, 0.4) is 0 Å². The molecule has 8 nitrogen and oxygen atoms in total. The van der Waals surface area contributed by atoms with Gasteiger partial charge in [0, 0.05) is 43.5 Å². The molecular weight excluding hydrogens is 469 g/mol. The van der Waals surface area contributed by atoms with Crippen molar-refractivity contribution in [1.29, 1.82) is 0 Å². The lowest BCUT2D eigenvalue weighted by molar-refractivity contribution is -0.149. The van der Waals surface area contributed by atoms with Gasteiger partial charge in [0.05, 0.1) is 0 Å². The largest absolute Gasteiger partial charge is 0.480 e. The van der Waals surface area contributed by atoms with Crippen LogP contribution in [0, 0.1) is 0 Å². The molecule has 0 spiro atoms. The monoisotopic (exact) mass is 501 g/mol. The van der Waals surface area contributed by atoms with Crippen LogP contribution < -0.4 is 10.2 Å². The first-order chi connectivity index (χ1) is 15.6. The van der Waals surface area contributed by atoms with Crippen molar-refractivity contribution < 1.29 is 24.2 Å². The Balaban J connectivity index is 2.21. The Kier molecular flexibility index (Phi) is 10.1. The molecule has 33 heavy (non-hydrogen) atoms. The van der Waals surface area contributed by atoms with Crippen LogP contribution in [0.2, 0.25) is 0 Å². The molecule has 2 N–H and O–H groups in total. The lowest BCUT2D eigenvalue weighted by Crippen LogP contribution is -2.53. The van der Waals surface area contributed by atoms with E-state index < -0.39 is 35.7 Å². The fourth-order valence-corrected chi connectivity index (χ4v) is 4.20. The molecule has 1 heterocycles. The number of aliphatic carboxylic acids is 1. The van der Waals surface area contributed by atoms with Crippen LogP contribution in [0.1, 0.15) is 39.2 Å². The SMILES string of the molecule is CC(C)(C)OC(=O)NC(Cc1ccc(N(CCCl)CCCl)cc1)C(=O)N1CCCC1C(=O)O. The number of halogens is 2. The lowest BCUT2D eigenvalue weighted by atomic mass is 10.0. The predicted octanol–water partition coefficient (Wildman–Crippen LogP) is 3.48. The Labute approximate surface area is 205 Å². The van der Waals surface area contributed by atoms with Crippen LogP contribution in [0.25, 0.3) is 0 Å². The molecule has 1 aromatic carbocycles. The summed E-state index contributed by atoms with van der Waals surface area (Å²) in [5.74, 6) is -0.536. The third-order valence-electron chi connectivity index (χ3n) is 5.26. The standard InChI is InChI=1S/C23H33Cl2N3O5/c1-23(2,3)33-22(32)26-18(20(29)28-12-4-5-19(28)21(30)31)15-16-6-8-17(9-7-16)27(13-10-24)14-11-25/h6-9,18-19H,4-5,10-15H2,1-3H3,(H,26,32)(H,30,31). The van der Waals surface area contributed by atoms with Crippen LogP contribution in [-0.4, -0.2) is 77.1 Å². The van der Waals surface area contributed by atoms with Gasteiger partial charge in [0.15, 0.2) is 0 Å². The maximum atomic E-state index is 13.3. The summed E-state index contributed by atoms with van der Waals surface area (Å²) in [7, 11) is 0. The number of benzene rings is 1. The number of alkyl halides is 2. The normalized spacial score (nSPS) is 16.9. The molecule has 1 saturated heterocycles. The lowest BCUT2D eigenvalue weighted by Gasteiger charge is -2.28. The second-order valence-corrected chi connectivity index (χ2v) is 9.72. The summed E-state index contributed by atoms with van der Waals surface area (Å²) in [5.41, 5.74) is 1.04. The first-order valence-corrected chi connectivity index (χ1v) is 12.1. The second-order valence-electron chi connectivity index (χ2n) is 8.96. The van der Waals surface area contributed by atoms with Gasteiger partial charge in [-0.1, -0.05) is 12.1 Å². The number of rotatable bonds is 10. The molecule has 1 aliphatic rings. The van der Waals surface area contributed by atoms with E-state index in [0.717, 1.165) is 11.3 Å². The van der Waals surface area contributed by atoms with E-state index in [2.05, 4.69) is 10.2 Å². The van der Waals surface area contributed by atoms with Crippen LogP contribution in [0.15, 0.2) is 24.3 Å². The maximum absolute atomic E-state index is 13.3. The van der Waals surface area contributed by atoms with Crippen LogP contribution >= 0.6 is 23.2 Å². The Morgan fingerprint density at radius 2 is 1.79 bits per heavy atom. The number of carbonyl (C=O) groups excluding carboxylic acids is 2. The number of ether oxygens (including phenoxy) is 1. The molecule has 2 amide bonds. The van der Waals surface area contributed by atoms with Gasteiger partial charge in [0.25, 0.3) is 0 Å². The number of carboxylic acid groups (broad SMARTS) is 1. The number of nitrogens with one attached hydrogen (secondary N) is 1. The average molecular weight is 502 g/mol. The van der Waals surface area contributed by atoms with Crippen LogP contribution in [0.5, 0.6) is 0 Å². The first-order valence-electron chi connectivity index (χ1n) is 11.0.